The van der Waals surface area contributed by atoms with Gasteiger partial charge in [-0.15, -0.1) is 0 Å². The molecule has 0 radical (unpaired) electrons. The van der Waals surface area contributed by atoms with Crippen LogP contribution in [-0.4, -0.2) is 10.2 Å². The van der Waals surface area contributed by atoms with Crippen LogP contribution in [-0.2, 0) is 4.79 Å². The summed E-state index contributed by atoms with van der Waals surface area (Å²) >= 11 is 2.67. The van der Waals surface area contributed by atoms with Crippen LogP contribution in [0.3, 0.4) is 0 Å². The lowest BCUT2D eigenvalue weighted by Gasteiger charge is -2.27. The van der Waals surface area contributed by atoms with Crippen LogP contribution in [0.15, 0.2) is 60.7 Å². The fraction of sp³-hybridized carbons (Fsp3) is 0.381. The molecule has 0 bridgehead atoms. The second kappa shape index (κ2) is 6.39. The zero-order valence-electron chi connectivity index (χ0n) is 13.0. The van der Waals surface area contributed by atoms with Crippen molar-refractivity contribution in [3.05, 3.63) is 71.8 Å². The molecular formula is C21H21IO. The summed E-state index contributed by atoms with van der Waals surface area (Å²) in [5.41, 5.74) is 2.90. The second-order valence-corrected chi connectivity index (χ2v) is 8.45. The molecule has 0 spiro atoms. The van der Waals surface area contributed by atoms with E-state index in [0.717, 1.165) is 12.8 Å². The van der Waals surface area contributed by atoms with Crippen molar-refractivity contribution in [2.75, 3.05) is 0 Å². The van der Waals surface area contributed by atoms with E-state index in [1.165, 1.54) is 17.4 Å². The number of hydrogen-bond acceptors (Lipinski definition) is 1. The first-order valence-corrected chi connectivity index (χ1v) is 9.73. The van der Waals surface area contributed by atoms with Crippen molar-refractivity contribution in [3.8, 4) is 0 Å². The molecule has 1 nitrogen and oxygen atoms in total. The third-order valence-electron chi connectivity index (χ3n) is 5.86. The number of aldehydes is 1. The highest BCUT2D eigenvalue weighted by Crippen LogP contribution is 2.61. The van der Waals surface area contributed by atoms with Crippen molar-refractivity contribution in [2.24, 2.45) is 17.8 Å². The summed E-state index contributed by atoms with van der Waals surface area (Å²) in [6.07, 6.45) is 3.34. The highest BCUT2D eigenvalue weighted by atomic mass is 127. The Balaban J connectivity index is 1.77. The van der Waals surface area contributed by atoms with Crippen LogP contribution < -0.4 is 0 Å². The van der Waals surface area contributed by atoms with E-state index in [4.69, 9.17) is 0 Å². The number of carbonyl (C=O) groups is 1. The quantitative estimate of drug-likeness (QED) is 0.381. The number of halogens is 1. The van der Waals surface area contributed by atoms with Crippen molar-refractivity contribution in [1.82, 2.24) is 0 Å². The van der Waals surface area contributed by atoms with E-state index in [1.54, 1.807) is 0 Å². The number of benzene rings is 2. The largest absolute Gasteiger partial charge is 0.303 e. The minimum atomic E-state index is 0.269. The Hall–Kier alpha value is -1.16. The van der Waals surface area contributed by atoms with Gasteiger partial charge in [-0.2, -0.15) is 0 Å². The minimum absolute atomic E-state index is 0.269. The van der Waals surface area contributed by atoms with Gasteiger partial charge in [0.1, 0.15) is 6.29 Å². The Bertz CT molecular complexity index is 669. The number of hydrogen-bond donors (Lipinski definition) is 0. The minimum Gasteiger partial charge on any atom is -0.303 e. The van der Waals surface area contributed by atoms with E-state index in [9.17, 15) is 4.79 Å². The number of carbonyl (C=O) groups excluding carboxylic acids is 1. The van der Waals surface area contributed by atoms with Gasteiger partial charge in [0.15, 0.2) is 0 Å². The van der Waals surface area contributed by atoms with Gasteiger partial charge in [-0.1, -0.05) is 83.3 Å². The highest BCUT2D eigenvalue weighted by Gasteiger charge is 2.54. The molecule has 0 heterocycles. The Labute approximate surface area is 151 Å². The SMILES string of the molecule is O=C[C@@H]1C[C@@H]2[C@@H](I)[C@H](c3ccccc3)[C@H](c3ccccc3)[C@@H]2C1. The second-order valence-electron chi connectivity index (χ2n) is 7.01. The smallest absolute Gasteiger partial charge is 0.123 e. The molecule has 0 amide bonds. The molecule has 2 heteroatoms. The Morgan fingerprint density at radius 3 is 1.87 bits per heavy atom. The number of rotatable bonds is 3. The lowest BCUT2D eigenvalue weighted by molar-refractivity contribution is -0.111. The lowest BCUT2D eigenvalue weighted by Crippen LogP contribution is -2.17. The monoisotopic (exact) mass is 416 g/mol. The fourth-order valence-electron chi connectivity index (χ4n) is 4.96. The molecular weight excluding hydrogens is 395 g/mol. The summed E-state index contributed by atoms with van der Waals surface area (Å²) in [5, 5.41) is 0. The first-order chi connectivity index (χ1) is 11.3. The molecule has 23 heavy (non-hydrogen) atoms. The first kappa shape index (κ1) is 15.4. The lowest BCUT2D eigenvalue weighted by atomic mass is 9.78. The third-order valence-corrected chi connectivity index (χ3v) is 7.56. The molecule has 2 aliphatic carbocycles. The molecule has 2 aromatic rings. The molecule has 0 aliphatic heterocycles. The Morgan fingerprint density at radius 2 is 1.30 bits per heavy atom. The summed E-state index contributed by atoms with van der Waals surface area (Å²) in [4.78, 5) is 11.3. The zero-order chi connectivity index (χ0) is 15.8. The maximum Gasteiger partial charge on any atom is 0.123 e. The van der Waals surface area contributed by atoms with Gasteiger partial charge in [-0.3, -0.25) is 0 Å². The van der Waals surface area contributed by atoms with Crippen LogP contribution in [0, 0.1) is 17.8 Å². The Morgan fingerprint density at radius 1 is 0.783 bits per heavy atom. The van der Waals surface area contributed by atoms with Gasteiger partial charge < -0.3 is 4.79 Å². The van der Waals surface area contributed by atoms with Crippen molar-refractivity contribution in [1.29, 1.82) is 0 Å². The molecule has 4 rings (SSSR count). The molecule has 0 N–H and O–H groups in total. The van der Waals surface area contributed by atoms with Crippen molar-refractivity contribution in [3.63, 3.8) is 0 Å². The molecule has 0 aromatic heterocycles. The average Bonchev–Trinajstić information content (AvgIpc) is 3.14. The van der Waals surface area contributed by atoms with E-state index in [-0.39, 0.29) is 5.92 Å². The molecule has 2 saturated carbocycles. The molecule has 0 saturated heterocycles. The van der Waals surface area contributed by atoms with Crippen molar-refractivity contribution in [2.45, 2.75) is 28.6 Å². The van der Waals surface area contributed by atoms with Crippen LogP contribution in [0.2, 0.25) is 0 Å². The van der Waals surface area contributed by atoms with Gasteiger partial charge in [0.25, 0.3) is 0 Å². The highest BCUT2D eigenvalue weighted by molar-refractivity contribution is 14.1. The van der Waals surface area contributed by atoms with Gasteiger partial charge >= 0.3 is 0 Å². The van der Waals surface area contributed by atoms with E-state index in [2.05, 4.69) is 83.3 Å². The molecule has 6 atom stereocenters. The van der Waals surface area contributed by atoms with E-state index in [0.29, 0.717) is 27.6 Å². The van der Waals surface area contributed by atoms with Crippen LogP contribution >= 0.6 is 22.6 Å². The number of fused-ring (bicyclic) bond motifs is 1. The molecule has 0 unspecified atom stereocenters. The molecule has 2 aromatic carbocycles. The summed E-state index contributed by atoms with van der Waals surface area (Å²) in [7, 11) is 0. The predicted octanol–water partition coefficient (Wildman–Crippen LogP) is 5.21. The standard InChI is InChI=1S/C21H21IO/c22-21-18-12-14(13-23)11-17(18)19(15-7-3-1-4-8-15)20(21)16-9-5-2-6-10-16/h1-10,13-14,17-21H,11-12H2/t14-,17+,18-,19+,20+,21+/m0/s1. The van der Waals surface area contributed by atoms with Gasteiger partial charge in [0, 0.05) is 15.8 Å². The summed E-state index contributed by atoms with van der Waals surface area (Å²) < 4.78 is 0.607. The predicted molar refractivity (Wildman–Crippen MR) is 102 cm³/mol. The maximum absolute atomic E-state index is 11.3. The van der Waals surface area contributed by atoms with Crippen LogP contribution in [0.1, 0.15) is 35.8 Å². The van der Waals surface area contributed by atoms with Gasteiger partial charge in [-0.25, -0.2) is 0 Å². The van der Waals surface area contributed by atoms with E-state index < -0.39 is 0 Å². The third kappa shape index (κ3) is 2.65. The zero-order valence-corrected chi connectivity index (χ0v) is 15.2. The van der Waals surface area contributed by atoms with Crippen LogP contribution in [0.25, 0.3) is 0 Å². The van der Waals surface area contributed by atoms with Gasteiger partial charge in [0.05, 0.1) is 0 Å². The van der Waals surface area contributed by atoms with E-state index >= 15 is 0 Å². The molecule has 118 valence electrons. The van der Waals surface area contributed by atoms with Crippen molar-refractivity contribution < 1.29 is 4.79 Å². The Kier molecular flexibility index (Phi) is 4.27. The average molecular weight is 416 g/mol. The van der Waals surface area contributed by atoms with Gasteiger partial charge in [0.2, 0.25) is 0 Å². The summed E-state index contributed by atoms with van der Waals surface area (Å²) in [6.45, 7) is 0. The van der Waals surface area contributed by atoms with Crippen LogP contribution in [0.4, 0.5) is 0 Å². The normalized spacial score (nSPS) is 35.9. The fourth-order valence-corrected chi connectivity index (χ4v) is 6.65. The van der Waals surface area contributed by atoms with Gasteiger partial charge in [-0.05, 0) is 41.7 Å². The number of alkyl halides is 1. The molecule has 2 fully saturated rings. The maximum atomic E-state index is 11.3. The summed E-state index contributed by atoms with van der Waals surface area (Å²) in [5.74, 6) is 2.67. The molecule has 2 aliphatic rings. The first-order valence-electron chi connectivity index (χ1n) is 8.49. The van der Waals surface area contributed by atoms with Crippen molar-refractivity contribution >= 4 is 28.9 Å². The van der Waals surface area contributed by atoms with E-state index in [1.807, 2.05) is 0 Å². The van der Waals surface area contributed by atoms with Crippen LogP contribution in [0.5, 0.6) is 0 Å². The summed E-state index contributed by atoms with van der Waals surface area (Å²) in [6, 6.07) is 21.9. The topological polar surface area (TPSA) is 17.1 Å².